The first-order valence-electron chi connectivity index (χ1n) is 6.19. The Balaban J connectivity index is 2.02. The predicted octanol–water partition coefficient (Wildman–Crippen LogP) is 3.25. The first-order chi connectivity index (χ1) is 9.19. The molecule has 0 spiro atoms. The van der Waals surface area contributed by atoms with Gasteiger partial charge in [-0.2, -0.15) is 0 Å². The molecular formula is C16H17FO2. The van der Waals surface area contributed by atoms with Crippen molar-refractivity contribution < 1.29 is 14.2 Å². The number of benzene rings is 2. The minimum atomic E-state index is -0.581. The second-order valence-corrected chi connectivity index (χ2v) is 4.52. The van der Waals surface area contributed by atoms with Crippen molar-refractivity contribution in [2.45, 2.75) is 19.1 Å². The molecule has 2 aromatic rings. The van der Waals surface area contributed by atoms with Gasteiger partial charge in [0, 0.05) is 13.5 Å². The van der Waals surface area contributed by atoms with Crippen molar-refractivity contribution in [3.05, 3.63) is 71.0 Å². The van der Waals surface area contributed by atoms with Crippen LogP contribution in [-0.4, -0.2) is 12.2 Å². The Morgan fingerprint density at radius 3 is 2.16 bits per heavy atom. The summed E-state index contributed by atoms with van der Waals surface area (Å²) >= 11 is 0. The van der Waals surface area contributed by atoms with Crippen LogP contribution in [0.5, 0.6) is 0 Å². The molecule has 2 aromatic carbocycles. The van der Waals surface area contributed by atoms with E-state index in [0.717, 1.165) is 16.7 Å². The normalized spacial score (nSPS) is 12.4. The minimum Gasteiger partial charge on any atom is -0.388 e. The van der Waals surface area contributed by atoms with E-state index in [0.29, 0.717) is 13.0 Å². The van der Waals surface area contributed by atoms with Crippen LogP contribution in [0, 0.1) is 5.82 Å². The summed E-state index contributed by atoms with van der Waals surface area (Å²) in [5.41, 5.74) is 2.83. The maximum absolute atomic E-state index is 12.8. The second kappa shape index (κ2) is 6.45. The summed E-state index contributed by atoms with van der Waals surface area (Å²) < 4.78 is 17.8. The third-order valence-corrected chi connectivity index (χ3v) is 3.02. The molecule has 0 amide bonds. The fourth-order valence-corrected chi connectivity index (χ4v) is 1.96. The molecule has 0 fully saturated rings. The van der Waals surface area contributed by atoms with Crippen LogP contribution in [0.25, 0.3) is 0 Å². The first kappa shape index (κ1) is 13.7. The Morgan fingerprint density at radius 2 is 1.58 bits per heavy atom. The molecule has 0 aliphatic carbocycles. The van der Waals surface area contributed by atoms with Crippen LogP contribution in [0.1, 0.15) is 22.8 Å². The molecule has 1 atom stereocenters. The summed E-state index contributed by atoms with van der Waals surface area (Å²) in [4.78, 5) is 0. The van der Waals surface area contributed by atoms with Gasteiger partial charge in [-0.1, -0.05) is 36.4 Å². The van der Waals surface area contributed by atoms with E-state index in [1.807, 2.05) is 24.3 Å². The Kier molecular flexibility index (Phi) is 4.66. The van der Waals surface area contributed by atoms with Gasteiger partial charge >= 0.3 is 0 Å². The van der Waals surface area contributed by atoms with Crippen molar-refractivity contribution in [3.63, 3.8) is 0 Å². The van der Waals surface area contributed by atoms with Gasteiger partial charge in [0.15, 0.2) is 0 Å². The monoisotopic (exact) mass is 260 g/mol. The molecule has 1 unspecified atom stereocenters. The summed E-state index contributed by atoms with van der Waals surface area (Å²) in [6, 6.07) is 13.9. The Morgan fingerprint density at radius 1 is 1.00 bits per heavy atom. The molecule has 0 saturated heterocycles. The highest BCUT2D eigenvalue weighted by Crippen LogP contribution is 2.19. The summed E-state index contributed by atoms with van der Waals surface area (Å²) in [5.74, 6) is -0.262. The molecule has 0 saturated carbocycles. The molecule has 100 valence electrons. The maximum atomic E-state index is 12.8. The Bertz CT molecular complexity index is 505. The highest BCUT2D eigenvalue weighted by molar-refractivity contribution is 5.26. The van der Waals surface area contributed by atoms with Crippen molar-refractivity contribution in [3.8, 4) is 0 Å². The van der Waals surface area contributed by atoms with Gasteiger partial charge in [0.1, 0.15) is 5.82 Å². The average Bonchev–Trinajstić information content (AvgIpc) is 2.42. The largest absolute Gasteiger partial charge is 0.388 e. The number of aliphatic hydroxyl groups excluding tert-OH is 1. The molecule has 3 heteroatoms. The van der Waals surface area contributed by atoms with Crippen molar-refractivity contribution >= 4 is 0 Å². The van der Waals surface area contributed by atoms with Gasteiger partial charge in [0.05, 0.1) is 12.7 Å². The van der Waals surface area contributed by atoms with Gasteiger partial charge in [0.25, 0.3) is 0 Å². The highest BCUT2D eigenvalue weighted by Gasteiger charge is 2.08. The van der Waals surface area contributed by atoms with E-state index in [2.05, 4.69) is 0 Å². The SMILES string of the molecule is COCc1ccc(C(O)Cc2ccc(F)cc2)cc1. The van der Waals surface area contributed by atoms with Gasteiger partial charge < -0.3 is 9.84 Å². The summed E-state index contributed by atoms with van der Waals surface area (Å²) in [5, 5.41) is 10.1. The molecule has 2 rings (SSSR count). The average molecular weight is 260 g/mol. The fourth-order valence-electron chi connectivity index (χ4n) is 1.96. The number of ether oxygens (including phenoxy) is 1. The quantitative estimate of drug-likeness (QED) is 0.894. The van der Waals surface area contributed by atoms with E-state index < -0.39 is 6.10 Å². The number of aliphatic hydroxyl groups is 1. The highest BCUT2D eigenvalue weighted by atomic mass is 19.1. The Labute approximate surface area is 112 Å². The second-order valence-electron chi connectivity index (χ2n) is 4.52. The number of methoxy groups -OCH3 is 1. The summed E-state index contributed by atoms with van der Waals surface area (Å²) in [6.45, 7) is 0.564. The lowest BCUT2D eigenvalue weighted by Gasteiger charge is -2.12. The van der Waals surface area contributed by atoms with Gasteiger partial charge in [0.2, 0.25) is 0 Å². The van der Waals surface area contributed by atoms with Gasteiger partial charge in [-0.25, -0.2) is 4.39 Å². The van der Waals surface area contributed by atoms with Crippen LogP contribution >= 0.6 is 0 Å². The van der Waals surface area contributed by atoms with Crippen LogP contribution in [0.15, 0.2) is 48.5 Å². The smallest absolute Gasteiger partial charge is 0.123 e. The zero-order valence-corrected chi connectivity index (χ0v) is 10.8. The lowest BCUT2D eigenvalue weighted by atomic mass is 10.0. The van der Waals surface area contributed by atoms with Crippen molar-refractivity contribution in [1.29, 1.82) is 0 Å². The summed E-state index contributed by atoms with van der Waals surface area (Å²) in [7, 11) is 1.65. The van der Waals surface area contributed by atoms with E-state index in [9.17, 15) is 9.50 Å². The molecule has 1 N–H and O–H groups in total. The topological polar surface area (TPSA) is 29.5 Å². The maximum Gasteiger partial charge on any atom is 0.123 e. The van der Waals surface area contributed by atoms with Crippen LogP contribution in [0.3, 0.4) is 0 Å². The van der Waals surface area contributed by atoms with E-state index in [1.54, 1.807) is 19.2 Å². The molecule has 0 aliphatic rings. The summed E-state index contributed by atoms with van der Waals surface area (Å²) in [6.07, 6.45) is -0.105. The van der Waals surface area contributed by atoms with Crippen LogP contribution in [0.2, 0.25) is 0 Å². The zero-order valence-electron chi connectivity index (χ0n) is 10.8. The lowest BCUT2D eigenvalue weighted by molar-refractivity contribution is 0.177. The molecule has 0 radical (unpaired) electrons. The van der Waals surface area contributed by atoms with E-state index in [4.69, 9.17) is 4.74 Å². The predicted molar refractivity (Wildman–Crippen MR) is 72.2 cm³/mol. The number of halogens is 1. The van der Waals surface area contributed by atoms with Gasteiger partial charge in [-0.05, 0) is 28.8 Å². The standard InChI is InChI=1S/C16H17FO2/c1-19-11-13-2-6-14(7-3-13)16(18)10-12-4-8-15(17)9-5-12/h2-9,16,18H,10-11H2,1H3. The van der Waals surface area contributed by atoms with Crippen LogP contribution in [0.4, 0.5) is 4.39 Å². The molecule has 0 bridgehead atoms. The first-order valence-corrected chi connectivity index (χ1v) is 6.19. The van der Waals surface area contributed by atoms with Crippen LogP contribution in [-0.2, 0) is 17.8 Å². The molecule has 2 nitrogen and oxygen atoms in total. The molecular weight excluding hydrogens is 243 g/mol. The van der Waals surface area contributed by atoms with Crippen LogP contribution < -0.4 is 0 Å². The van der Waals surface area contributed by atoms with E-state index in [1.165, 1.54) is 12.1 Å². The number of hydrogen-bond donors (Lipinski definition) is 1. The Hall–Kier alpha value is -1.71. The fraction of sp³-hybridized carbons (Fsp3) is 0.250. The zero-order chi connectivity index (χ0) is 13.7. The van der Waals surface area contributed by atoms with E-state index in [-0.39, 0.29) is 5.82 Å². The molecule has 0 aromatic heterocycles. The number of rotatable bonds is 5. The molecule has 19 heavy (non-hydrogen) atoms. The van der Waals surface area contributed by atoms with Gasteiger partial charge in [-0.3, -0.25) is 0 Å². The minimum absolute atomic E-state index is 0.262. The molecule has 0 aliphatic heterocycles. The van der Waals surface area contributed by atoms with E-state index >= 15 is 0 Å². The number of hydrogen-bond acceptors (Lipinski definition) is 2. The van der Waals surface area contributed by atoms with Gasteiger partial charge in [-0.15, -0.1) is 0 Å². The molecule has 0 heterocycles. The lowest BCUT2D eigenvalue weighted by Crippen LogP contribution is -2.02. The third-order valence-electron chi connectivity index (χ3n) is 3.02. The third kappa shape index (κ3) is 3.88. The van der Waals surface area contributed by atoms with Crippen molar-refractivity contribution in [2.24, 2.45) is 0 Å². The van der Waals surface area contributed by atoms with Crippen molar-refractivity contribution in [1.82, 2.24) is 0 Å². The van der Waals surface area contributed by atoms with Crippen molar-refractivity contribution in [2.75, 3.05) is 7.11 Å².